The van der Waals surface area contributed by atoms with Crippen molar-refractivity contribution in [2.75, 3.05) is 17.2 Å². The van der Waals surface area contributed by atoms with E-state index in [-0.39, 0.29) is 5.56 Å². The number of anilines is 2. The monoisotopic (exact) mass is 262 g/mol. The number of carboxylic acid groups (broad SMARTS) is 1. The highest BCUT2D eigenvalue weighted by Gasteiger charge is 2.30. The van der Waals surface area contributed by atoms with Gasteiger partial charge in [0.25, 0.3) is 0 Å². The average molecular weight is 262 g/mol. The molecule has 0 bridgehead atoms. The number of benzene rings is 1. The van der Waals surface area contributed by atoms with E-state index in [1.165, 1.54) is 6.42 Å². The van der Waals surface area contributed by atoms with Crippen molar-refractivity contribution < 1.29 is 9.90 Å². The van der Waals surface area contributed by atoms with Crippen LogP contribution in [0.1, 0.15) is 37.6 Å². The van der Waals surface area contributed by atoms with Crippen LogP contribution < -0.4 is 10.6 Å². The highest BCUT2D eigenvalue weighted by Crippen LogP contribution is 2.35. The largest absolute Gasteiger partial charge is 0.478 e. The Hall–Kier alpha value is -1.71. The molecule has 1 fully saturated rings. The molecule has 0 amide bonds. The predicted molar refractivity (Wildman–Crippen MR) is 77.6 cm³/mol. The molecule has 1 saturated heterocycles. The van der Waals surface area contributed by atoms with Gasteiger partial charge in [-0.3, -0.25) is 0 Å². The summed E-state index contributed by atoms with van der Waals surface area (Å²) in [6, 6.07) is 5.62. The topological polar surface area (TPSA) is 66.6 Å². The Bertz CT molecular complexity index is 487. The quantitative estimate of drug-likeness (QED) is 0.804. The van der Waals surface area contributed by atoms with Crippen molar-refractivity contribution in [3.8, 4) is 0 Å². The lowest BCUT2D eigenvalue weighted by atomic mass is 9.85. The van der Waals surface area contributed by atoms with Crippen molar-refractivity contribution in [3.63, 3.8) is 0 Å². The number of carbonyl (C=O) groups is 1. The molecule has 1 aliphatic rings. The number of piperidine rings is 1. The molecule has 3 N–H and O–H groups in total. The first-order valence-corrected chi connectivity index (χ1v) is 6.80. The lowest BCUT2D eigenvalue weighted by Gasteiger charge is -2.43. The second-order valence-corrected chi connectivity index (χ2v) is 5.75. The lowest BCUT2D eigenvalue weighted by molar-refractivity contribution is 0.0698. The van der Waals surface area contributed by atoms with Gasteiger partial charge >= 0.3 is 5.97 Å². The van der Waals surface area contributed by atoms with Crippen LogP contribution in [-0.4, -0.2) is 23.7 Å². The van der Waals surface area contributed by atoms with Crippen LogP contribution in [0.15, 0.2) is 18.2 Å². The predicted octanol–water partition coefficient (Wildman–Crippen LogP) is 2.84. The summed E-state index contributed by atoms with van der Waals surface area (Å²) >= 11 is 0. The van der Waals surface area contributed by atoms with E-state index in [9.17, 15) is 4.79 Å². The van der Waals surface area contributed by atoms with Gasteiger partial charge in [-0.2, -0.15) is 0 Å². The van der Waals surface area contributed by atoms with Gasteiger partial charge in [-0.25, -0.2) is 4.79 Å². The standard InChI is InChI=1S/C15H22N2O2/c1-9-7-10(2)11(3)17(8-9)13-6-4-5-12(14(13)16)15(18)19/h4-6,9-11H,7-8,16H2,1-3H3,(H,18,19). The zero-order valence-electron chi connectivity index (χ0n) is 11.8. The van der Waals surface area contributed by atoms with E-state index in [0.29, 0.717) is 23.6 Å². The highest BCUT2D eigenvalue weighted by molar-refractivity contribution is 5.97. The summed E-state index contributed by atoms with van der Waals surface area (Å²) in [6.45, 7) is 7.58. The lowest BCUT2D eigenvalue weighted by Crippen LogP contribution is -2.46. The van der Waals surface area contributed by atoms with E-state index < -0.39 is 5.97 Å². The van der Waals surface area contributed by atoms with E-state index in [1.54, 1.807) is 12.1 Å². The van der Waals surface area contributed by atoms with Crippen LogP contribution in [0, 0.1) is 11.8 Å². The van der Waals surface area contributed by atoms with Gasteiger partial charge in [0.15, 0.2) is 0 Å². The van der Waals surface area contributed by atoms with Gasteiger partial charge in [0.2, 0.25) is 0 Å². The highest BCUT2D eigenvalue weighted by atomic mass is 16.4. The minimum atomic E-state index is -0.967. The summed E-state index contributed by atoms with van der Waals surface area (Å²) in [5.41, 5.74) is 7.47. The Morgan fingerprint density at radius 3 is 2.68 bits per heavy atom. The Balaban J connectivity index is 2.40. The maximum atomic E-state index is 11.2. The van der Waals surface area contributed by atoms with Crippen molar-refractivity contribution in [2.45, 2.75) is 33.2 Å². The van der Waals surface area contributed by atoms with Gasteiger partial charge in [0.05, 0.1) is 16.9 Å². The molecule has 1 aromatic rings. The molecule has 1 aliphatic heterocycles. The van der Waals surface area contributed by atoms with Gasteiger partial charge in [-0.05, 0) is 37.3 Å². The van der Waals surface area contributed by atoms with Crippen LogP contribution in [0.3, 0.4) is 0 Å². The van der Waals surface area contributed by atoms with Gasteiger partial charge in [-0.15, -0.1) is 0 Å². The minimum Gasteiger partial charge on any atom is -0.478 e. The summed E-state index contributed by atoms with van der Waals surface area (Å²) in [4.78, 5) is 13.4. The van der Waals surface area contributed by atoms with E-state index >= 15 is 0 Å². The molecule has 0 aliphatic carbocycles. The first-order chi connectivity index (χ1) is 8.91. The molecule has 0 radical (unpaired) electrons. The first-order valence-electron chi connectivity index (χ1n) is 6.80. The summed E-state index contributed by atoms with van der Waals surface area (Å²) in [5.74, 6) is 0.209. The van der Waals surface area contributed by atoms with Gasteiger partial charge in [0, 0.05) is 12.6 Å². The number of para-hydroxylation sites is 1. The van der Waals surface area contributed by atoms with Gasteiger partial charge < -0.3 is 15.7 Å². The molecule has 0 aromatic heterocycles. The fraction of sp³-hybridized carbons (Fsp3) is 0.533. The van der Waals surface area contributed by atoms with Crippen molar-refractivity contribution in [1.82, 2.24) is 0 Å². The number of hydrogen-bond acceptors (Lipinski definition) is 3. The van der Waals surface area contributed by atoms with E-state index in [0.717, 1.165) is 12.2 Å². The minimum absolute atomic E-state index is 0.190. The van der Waals surface area contributed by atoms with Gasteiger partial charge in [-0.1, -0.05) is 19.9 Å². The van der Waals surface area contributed by atoms with E-state index in [2.05, 4.69) is 25.7 Å². The summed E-state index contributed by atoms with van der Waals surface area (Å²) in [5, 5.41) is 9.16. The van der Waals surface area contributed by atoms with Crippen LogP contribution in [0.4, 0.5) is 11.4 Å². The maximum Gasteiger partial charge on any atom is 0.337 e. The normalized spacial score (nSPS) is 27.3. The zero-order valence-corrected chi connectivity index (χ0v) is 11.8. The fourth-order valence-electron chi connectivity index (χ4n) is 3.02. The number of rotatable bonds is 2. The number of carboxylic acids is 1. The van der Waals surface area contributed by atoms with E-state index in [1.807, 2.05) is 6.07 Å². The smallest absolute Gasteiger partial charge is 0.337 e. The Morgan fingerprint density at radius 1 is 1.37 bits per heavy atom. The first kappa shape index (κ1) is 13.7. The Labute approximate surface area is 114 Å². The van der Waals surface area contributed by atoms with Crippen LogP contribution in [-0.2, 0) is 0 Å². The molecule has 0 saturated carbocycles. The summed E-state index contributed by atoms with van der Waals surface area (Å²) in [7, 11) is 0. The number of nitrogens with zero attached hydrogens (tertiary/aromatic N) is 1. The molecular formula is C15H22N2O2. The van der Waals surface area contributed by atoms with Crippen LogP contribution in [0.25, 0.3) is 0 Å². The fourth-order valence-corrected chi connectivity index (χ4v) is 3.02. The number of hydrogen-bond donors (Lipinski definition) is 2. The number of aromatic carboxylic acids is 1. The zero-order chi connectivity index (χ0) is 14.2. The van der Waals surface area contributed by atoms with Crippen LogP contribution in [0.2, 0.25) is 0 Å². The number of nitrogens with two attached hydrogens (primary N) is 1. The molecule has 1 heterocycles. The molecule has 1 aromatic carbocycles. The molecule has 104 valence electrons. The van der Waals surface area contributed by atoms with Crippen LogP contribution >= 0.6 is 0 Å². The van der Waals surface area contributed by atoms with Gasteiger partial charge in [0.1, 0.15) is 0 Å². The maximum absolute atomic E-state index is 11.2. The number of nitrogen functional groups attached to an aromatic ring is 1. The third kappa shape index (κ3) is 2.53. The molecule has 4 nitrogen and oxygen atoms in total. The molecule has 3 unspecified atom stereocenters. The third-order valence-electron chi connectivity index (χ3n) is 4.22. The Morgan fingerprint density at radius 2 is 2.05 bits per heavy atom. The SMILES string of the molecule is CC1CC(C)C(C)N(c2cccc(C(=O)O)c2N)C1. The molecule has 0 spiro atoms. The average Bonchev–Trinajstić information content (AvgIpc) is 2.34. The Kier molecular flexibility index (Phi) is 3.69. The third-order valence-corrected chi connectivity index (χ3v) is 4.22. The summed E-state index contributed by atoms with van der Waals surface area (Å²) in [6.07, 6.45) is 1.20. The van der Waals surface area contributed by atoms with E-state index in [4.69, 9.17) is 10.8 Å². The second-order valence-electron chi connectivity index (χ2n) is 5.75. The molecule has 4 heteroatoms. The van der Waals surface area contributed by atoms with Crippen molar-refractivity contribution >= 4 is 17.3 Å². The second kappa shape index (κ2) is 5.11. The van der Waals surface area contributed by atoms with Crippen molar-refractivity contribution in [3.05, 3.63) is 23.8 Å². The van der Waals surface area contributed by atoms with Crippen molar-refractivity contribution in [1.29, 1.82) is 0 Å². The molecule has 2 rings (SSSR count). The molecule has 19 heavy (non-hydrogen) atoms. The molecular weight excluding hydrogens is 240 g/mol. The van der Waals surface area contributed by atoms with Crippen molar-refractivity contribution in [2.24, 2.45) is 11.8 Å². The summed E-state index contributed by atoms with van der Waals surface area (Å²) < 4.78 is 0. The molecule has 3 atom stereocenters. The van der Waals surface area contributed by atoms with Crippen LogP contribution in [0.5, 0.6) is 0 Å².